The van der Waals surface area contributed by atoms with Gasteiger partial charge in [-0.1, -0.05) is 12.8 Å². The van der Waals surface area contributed by atoms with Crippen LogP contribution >= 0.6 is 0 Å². The van der Waals surface area contributed by atoms with Crippen LogP contribution in [0.25, 0.3) is 0 Å². The molecule has 19 heavy (non-hydrogen) atoms. The lowest BCUT2D eigenvalue weighted by Crippen LogP contribution is -2.29. The number of aromatic nitrogens is 1. The van der Waals surface area contributed by atoms with E-state index in [1.54, 1.807) is 6.07 Å². The number of hydrogen-bond acceptors (Lipinski definition) is 3. The molecular formula is C15H24FN3. The van der Waals surface area contributed by atoms with Crippen molar-refractivity contribution >= 4 is 0 Å². The summed E-state index contributed by atoms with van der Waals surface area (Å²) < 4.78 is 12.9. The predicted octanol–water partition coefficient (Wildman–Crippen LogP) is 2.75. The summed E-state index contributed by atoms with van der Waals surface area (Å²) in [7, 11) is 1.94. The van der Waals surface area contributed by atoms with E-state index < -0.39 is 0 Å². The van der Waals surface area contributed by atoms with Gasteiger partial charge >= 0.3 is 0 Å². The standard InChI is InChI=1S/C15H24FN3/c1-17-14(15-7-6-13(16)12-18-15)8-11-19-9-4-2-3-5-10-19/h6-7,12,14,17H,2-5,8-11H2,1H3. The van der Waals surface area contributed by atoms with Crippen molar-refractivity contribution in [3.8, 4) is 0 Å². The largest absolute Gasteiger partial charge is 0.312 e. The van der Waals surface area contributed by atoms with Crippen molar-refractivity contribution in [2.45, 2.75) is 38.1 Å². The van der Waals surface area contributed by atoms with Crippen molar-refractivity contribution in [2.24, 2.45) is 0 Å². The van der Waals surface area contributed by atoms with E-state index in [2.05, 4.69) is 15.2 Å². The third-order valence-corrected chi connectivity index (χ3v) is 3.89. The van der Waals surface area contributed by atoms with Gasteiger partial charge in [0.25, 0.3) is 0 Å². The van der Waals surface area contributed by atoms with Gasteiger partial charge in [-0.15, -0.1) is 0 Å². The van der Waals surface area contributed by atoms with Crippen LogP contribution in [-0.2, 0) is 0 Å². The van der Waals surface area contributed by atoms with Gasteiger partial charge in [-0.25, -0.2) is 4.39 Å². The van der Waals surface area contributed by atoms with Gasteiger partial charge in [0.15, 0.2) is 0 Å². The Bertz CT molecular complexity index is 358. The summed E-state index contributed by atoms with van der Waals surface area (Å²) in [5, 5.41) is 3.28. The maximum atomic E-state index is 12.9. The molecule has 2 heterocycles. The molecule has 1 unspecified atom stereocenters. The van der Waals surface area contributed by atoms with Crippen LogP contribution in [0.4, 0.5) is 4.39 Å². The molecule has 1 fully saturated rings. The number of halogens is 1. The Kier molecular flexibility index (Phi) is 5.73. The van der Waals surface area contributed by atoms with Crippen LogP contribution in [-0.4, -0.2) is 36.6 Å². The van der Waals surface area contributed by atoms with Gasteiger partial charge in [-0.05, 0) is 58.1 Å². The highest BCUT2D eigenvalue weighted by atomic mass is 19.1. The summed E-state index contributed by atoms with van der Waals surface area (Å²) in [4.78, 5) is 6.72. The minimum absolute atomic E-state index is 0.212. The van der Waals surface area contributed by atoms with Gasteiger partial charge in [-0.2, -0.15) is 0 Å². The van der Waals surface area contributed by atoms with Crippen LogP contribution in [0, 0.1) is 5.82 Å². The molecule has 106 valence electrons. The second-order valence-electron chi connectivity index (χ2n) is 5.29. The molecule has 1 N–H and O–H groups in total. The third kappa shape index (κ3) is 4.55. The maximum absolute atomic E-state index is 12.9. The Hall–Kier alpha value is -1.00. The van der Waals surface area contributed by atoms with Crippen LogP contribution in [0.1, 0.15) is 43.8 Å². The van der Waals surface area contributed by atoms with Crippen molar-refractivity contribution in [1.82, 2.24) is 15.2 Å². The molecule has 1 saturated heterocycles. The average molecular weight is 265 g/mol. The maximum Gasteiger partial charge on any atom is 0.141 e. The van der Waals surface area contributed by atoms with Gasteiger partial charge < -0.3 is 10.2 Å². The lowest BCUT2D eigenvalue weighted by atomic mass is 10.1. The van der Waals surface area contributed by atoms with Gasteiger partial charge in [0.2, 0.25) is 0 Å². The summed E-state index contributed by atoms with van der Waals surface area (Å²) in [6.45, 7) is 3.52. The minimum atomic E-state index is -0.272. The molecule has 1 atom stereocenters. The predicted molar refractivity (Wildman–Crippen MR) is 75.5 cm³/mol. The van der Waals surface area contributed by atoms with Crippen LogP contribution in [0.3, 0.4) is 0 Å². The molecule has 0 radical (unpaired) electrons. The zero-order chi connectivity index (χ0) is 13.5. The van der Waals surface area contributed by atoms with Crippen LogP contribution in [0.2, 0.25) is 0 Å². The Labute approximate surface area is 115 Å². The molecule has 3 nitrogen and oxygen atoms in total. The molecule has 0 bridgehead atoms. The fraction of sp³-hybridized carbons (Fsp3) is 0.667. The van der Waals surface area contributed by atoms with Crippen molar-refractivity contribution in [2.75, 3.05) is 26.7 Å². The van der Waals surface area contributed by atoms with Gasteiger partial charge in [0, 0.05) is 0 Å². The molecule has 1 aromatic rings. The number of nitrogens with zero attached hydrogens (tertiary/aromatic N) is 2. The molecule has 1 aliphatic rings. The van der Waals surface area contributed by atoms with Crippen molar-refractivity contribution in [3.05, 3.63) is 29.8 Å². The van der Waals surface area contributed by atoms with Crippen molar-refractivity contribution in [1.29, 1.82) is 0 Å². The number of likely N-dealkylation sites (tertiary alicyclic amines) is 1. The second-order valence-corrected chi connectivity index (χ2v) is 5.29. The normalized spacial score (nSPS) is 19.1. The first kappa shape index (κ1) is 14.4. The van der Waals surface area contributed by atoms with E-state index in [1.165, 1.54) is 51.0 Å². The smallest absolute Gasteiger partial charge is 0.141 e. The molecule has 1 aromatic heterocycles. The monoisotopic (exact) mass is 265 g/mol. The zero-order valence-electron chi connectivity index (χ0n) is 11.7. The molecular weight excluding hydrogens is 241 g/mol. The van der Waals surface area contributed by atoms with E-state index >= 15 is 0 Å². The summed E-state index contributed by atoms with van der Waals surface area (Å²) in [6.07, 6.45) is 7.69. The van der Waals surface area contributed by atoms with Crippen LogP contribution in [0.5, 0.6) is 0 Å². The minimum Gasteiger partial charge on any atom is -0.312 e. The number of rotatable bonds is 5. The molecule has 0 aliphatic carbocycles. The highest BCUT2D eigenvalue weighted by molar-refractivity contribution is 5.09. The highest BCUT2D eigenvalue weighted by Crippen LogP contribution is 2.16. The number of hydrogen-bond donors (Lipinski definition) is 1. The lowest BCUT2D eigenvalue weighted by Gasteiger charge is -2.23. The van der Waals surface area contributed by atoms with Crippen molar-refractivity contribution in [3.63, 3.8) is 0 Å². The van der Waals surface area contributed by atoms with E-state index in [0.29, 0.717) is 0 Å². The van der Waals surface area contributed by atoms with Gasteiger partial charge in [-0.3, -0.25) is 4.98 Å². The van der Waals surface area contributed by atoms with E-state index in [1.807, 2.05) is 7.05 Å². The summed E-state index contributed by atoms with van der Waals surface area (Å²) in [5.74, 6) is -0.272. The highest BCUT2D eigenvalue weighted by Gasteiger charge is 2.14. The van der Waals surface area contributed by atoms with E-state index in [0.717, 1.165) is 18.7 Å². The fourth-order valence-electron chi connectivity index (χ4n) is 2.70. The average Bonchev–Trinajstić information content (AvgIpc) is 2.70. The molecule has 2 rings (SSSR count). The van der Waals surface area contributed by atoms with Crippen LogP contribution < -0.4 is 5.32 Å². The zero-order valence-corrected chi connectivity index (χ0v) is 11.7. The molecule has 0 aromatic carbocycles. The first-order valence-corrected chi connectivity index (χ1v) is 7.30. The molecule has 0 saturated carbocycles. The number of pyridine rings is 1. The third-order valence-electron chi connectivity index (χ3n) is 3.89. The second kappa shape index (κ2) is 7.56. The molecule has 0 spiro atoms. The molecule has 1 aliphatic heterocycles. The molecule has 0 amide bonds. The van der Waals surface area contributed by atoms with Gasteiger partial charge in [0.05, 0.1) is 17.9 Å². The van der Waals surface area contributed by atoms with Gasteiger partial charge in [0.1, 0.15) is 5.82 Å². The van der Waals surface area contributed by atoms with E-state index in [9.17, 15) is 4.39 Å². The SMILES string of the molecule is CNC(CCN1CCCCCC1)c1ccc(F)cn1. The summed E-state index contributed by atoms with van der Waals surface area (Å²) in [6, 6.07) is 3.47. The van der Waals surface area contributed by atoms with E-state index in [4.69, 9.17) is 0 Å². The Balaban J connectivity index is 1.86. The molecule has 4 heteroatoms. The topological polar surface area (TPSA) is 28.2 Å². The van der Waals surface area contributed by atoms with Crippen LogP contribution in [0.15, 0.2) is 18.3 Å². The summed E-state index contributed by atoms with van der Waals surface area (Å²) >= 11 is 0. The summed E-state index contributed by atoms with van der Waals surface area (Å²) in [5.41, 5.74) is 0.929. The Morgan fingerprint density at radius 3 is 2.58 bits per heavy atom. The Morgan fingerprint density at radius 2 is 2.00 bits per heavy atom. The number of nitrogens with one attached hydrogen (secondary N) is 1. The van der Waals surface area contributed by atoms with Crippen molar-refractivity contribution < 1.29 is 4.39 Å². The fourth-order valence-corrected chi connectivity index (χ4v) is 2.70. The lowest BCUT2D eigenvalue weighted by molar-refractivity contribution is 0.267. The first-order valence-electron chi connectivity index (χ1n) is 7.30. The quantitative estimate of drug-likeness (QED) is 0.887. The Morgan fingerprint density at radius 1 is 1.26 bits per heavy atom. The first-order chi connectivity index (χ1) is 9.29. The van der Waals surface area contributed by atoms with E-state index in [-0.39, 0.29) is 11.9 Å².